The molecule has 0 saturated heterocycles. The summed E-state index contributed by atoms with van der Waals surface area (Å²) in [7, 11) is 1.61. The minimum atomic E-state index is -0.575. The van der Waals surface area contributed by atoms with Crippen LogP contribution >= 0.6 is 15.9 Å². The van der Waals surface area contributed by atoms with Gasteiger partial charge in [-0.15, -0.1) is 0 Å². The van der Waals surface area contributed by atoms with Crippen molar-refractivity contribution in [3.05, 3.63) is 58.1 Å². The van der Waals surface area contributed by atoms with E-state index in [0.29, 0.717) is 24.5 Å². The molecule has 1 aliphatic carbocycles. The van der Waals surface area contributed by atoms with Crippen molar-refractivity contribution < 1.29 is 19.1 Å². The number of nitrogens with zero attached hydrogens (tertiary/aromatic N) is 1. The van der Waals surface area contributed by atoms with Gasteiger partial charge in [-0.25, -0.2) is 0 Å². The molecule has 0 bridgehead atoms. The fourth-order valence-electron chi connectivity index (χ4n) is 4.36. The number of carbonyl (C=O) groups excluding carboxylic acids is 2. The maximum absolute atomic E-state index is 13.4. The standard InChI is InChI=1S/C27H35BrN2O4/c1-4-19-13-14-25(23(28)16-19)34-18-26(31)30(17-20-9-8-12-22(15-20)33-3)24(5-2)27(32)29-21-10-6-7-11-21/h8-9,12-16,21,24H,4-7,10-11,17-18H2,1-3H3,(H,29,32)/t24-/m0/s1. The second-order valence-electron chi connectivity index (χ2n) is 8.69. The van der Waals surface area contributed by atoms with Crippen molar-refractivity contribution in [3.8, 4) is 11.5 Å². The number of halogens is 1. The minimum absolute atomic E-state index is 0.0980. The van der Waals surface area contributed by atoms with Gasteiger partial charge in [0.15, 0.2) is 6.61 Å². The lowest BCUT2D eigenvalue weighted by molar-refractivity contribution is -0.143. The topological polar surface area (TPSA) is 67.9 Å². The minimum Gasteiger partial charge on any atom is -0.497 e. The van der Waals surface area contributed by atoms with Crippen molar-refractivity contribution in [1.29, 1.82) is 0 Å². The number of amides is 2. The Balaban J connectivity index is 1.78. The number of nitrogens with one attached hydrogen (secondary N) is 1. The van der Waals surface area contributed by atoms with Crippen LogP contribution in [-0.2, 0) is 22.6 Å². The molecule has 7 heteroatoms. The lowest BCUT2D eigenvalue weighted by Gasteiger charge is -2.31. The normalized spacial score (nSPS) is 14.5. The molecule has 6 nitrogen and oxygen atoms in total. The number of methoxy groups -OCH3 is 1. The zero-order valence-electron chi connectivity index (χ0n) is 20.3. The Kier molecular flexibility index (Phi) is 9.81. The van der Waals surface area contributed by atoms with Crippen LogP contribution in [0.1, 0.15) is 57.1 Å². The average Bonchev–Trinajstić information content (AvgIpc) is 3.36. The van der Waals surface area contributed by atoms with Gasteiger partial charge in [0.2, 0.25) is 5.91 Å². The van der Waals surface area contributed by atoms with Crippen LogP contribution in [0.5, 0.6) is 11.5 Å². The highest BCUT2D eigenvalue weighted by molar-refractivity contribution is 9.10. The molecule has 3 rings (SSSR count). The maximum atomic E-state index is 13.4. The van der Waals surface area contributed by atoms with Gasteiger partial charge >= 0.3 is 0 Å². The number of carbonyl (C=O) groups is 2. The van der Waals surface area contributed by atoms with E-state index in [2.05, 4.69) is 28.2 Å². The molecule has 2 aromatic carbocycles. The van der Waals surface area contributed by atoms with Crippen molar-refractivity contribution >= 4 is 27.7 Å². The summed E-state index contributed by atoms with van der Waals surface area (Å²) in [6, 6.07) is 13.1. The van der Waals surface area contributed by atoms with Crippen LogP contribution in [0.2, 0.25) is 0 Å². The smallest absolute Gasteiger partial charge is 0.261 e. The third-order valence-corrected chi connectivity index (χ3v) is 6.95. The first-order chi connectivity index (χ1) is 16.4. The Hall–Kier alpha value is -2.54. The summed E-state index contributed by atoms with van der Waals surface area (Å²) in [5, 5.41) is 3.16. The maximum Gasteiger partial charge on any atom is 0.261 e. The van der Waals surface area contributed by atoms with Crippen molar-refractivity contribution in [2.24, 2.45) is 0 Å². The Bertz CT molecular complexity index is 975. The van der Waals surface area contributed by atoms with E-state index in [0.717, 1.165) is 42.1 Å². The first kappa shape index (κ1) is 26.1. The summed E-state index contributed by atoms with van der Waals surface area (Å²) in [5.74, 6) is 0.988. The fraction of sp³-hybridized carbons (Fsp3) is 0.481. The Morgan fingerprint density at radius 2 is 1.88 bits per heavy atom. The van der Waals surface area contributed by atoms with E-state index in [-0.39, 0.29) is 24.5 Å². The highest BCUT2D eigenvalue weighted by Gasteiger charge is 2.31. The second-order valence-corrected chi connectivity index (χ2v) is 9.55. The molecule has 2 amide bonds. The zero-order chi connectivity index (χ0) is 24.5. The van der Waals surface area contributed by atoms with E-state index >= 15 is 0 Å². The predicted octanol–water partition coefficient (Wildman–Crippen LogP) is 5.27. The Labute approximate surface area is 211 Å². The first-order valence-corrected chi connectivity index (χ1v) is 12.9. The molecule has 1 saturated carbocycles. The summed E-state index contributed by atoms with van der Waals surface area (Å²) in [5.41, 5.74) is 2.08. The molecule has 0 heterocycles. The molecule has 1 atom stereocenters. The van der Waals surface area contributed by atoms with Crippen molar-refractivity contribution in [2.45, 2.75) is 71.0 Å². The monoisotopic (exact) mass is 530 g/mol. The molecule has 34 heavy (non-hydrogen) atoms. The second kappa shape index (κ2) is 12.8. The van der Waals surface area contributed by atoms with Crippen molar-refractivity contribution in [2.75, 3.05) is 13.7 Å². The van der Waals surface area contributed by atoms with Gasteiger partial charge < -0.3 is 19.7 Å². The van der Waals surface area contributed by atoms with Crippen LogP contribution in [0.4, 0.5) is 0 Å². The number of benzene rings is 2. The Morgan fingerprint density at radius 1 is 1.12 bits per heavy atom. The van der Waals surface area contributed by atoms with Crippen molar-refractivity contribution in [1.82, 2.24) is 10.2 Å². The van der Waals surface area contributed by atoms with E-state index < -0.39 is 6.04 Å². The summed E-state index contributed by atoms with van der Waals surface area (Å²) in [6.45, 7) is 4.17. The molecule has 1 fully saturated rings. The molecule has 2 aromatic rings. The fourth-order valence-corrected chi connectivity index (χ4v) is 4.90. The van der Waals surface area contributed by atoms with Gasteiger partial charge in [0, 0.05) is 12.6 Å². The van der Waals surface area contributed by atoms with E-state index in [1.165, 1.54) is 5.56 Å². The van der Waals surface area contributed by atoms with Crippen LogP contribution in [-0.4, -0.2) is 42.5 Å². The van der Waals surface area contributed by atoms with Gasteiger partial charge in [0.25, 0.3) is 5.91 Å². The van der Waals surface area contributed by atoms with Crippen LogP contribution in [0.15, 0.2) is 46.9 Å². The number of ether oxygens (including phenoxy) is 2. The number of rotatable bonds is 11. The molecular formula is C27H35BrN2O4. The molecule has 0 radical (unpaired) electrons. The third kappa shape index (κ3) is 6.98. The van der Waals surface area contributed by atoms with Crippen molar-refractivity contribution in [3.63, 3.8) is 0 Å². The molecule has 1 aliphatic rings. The van der Waals surface area contributed by atoms with Gasteiger partial charge in [0.1, 0.15) is 17.5 Å². The molecule has 0 aliphatic heterocycles. The molecule has 0 spiro atoms. The van der Waals surface area contributed by atoms with Gasteiger partial charge in [-0.05, 0) is 77.0 Å². The summed E-state index contributed by atoms with van der Waals surface area (Å²) in [4.78, 5) is 28.3. The van der Waals surface area contributed by atoms with E-state index in [1.807, 2.05) is 49.4 Å². The highest BCUT2D eigenvalue weighted by atomic mass is 79.9. The number of hydrogen-bond donors (Lipinski definition) is 1. The predicted molar refractivity (Wildman–Crippen MR) is 137 cm³/mol. The van der Waals surface area contributed by atoms with E-state index in [4.69, 9.17) is 9.47 Å². The number of aryl methyl sites for hydroxylation is 1. The average molecular weight is 531 g/mol. The van der Waals surface area contributed by atoms with Crippen LogP contribution in [0, 0.1) is 0 Å². The molecule has 184 valence electrons. The van der Waals surface area contributed by atoms with Crippen LogP contribution < -0.4 is 14.8 Å². The van der Waals surface area contributed by atoms with Gasteiger partial charge in [-0.1, -0.05) is 44.9 Å². The van der Waals surface area contributed by atoms with Crippen LogP contribution in [0.3, 0.4) is 0 Å². The van der Waals surface area contributed by atoms with Gasteiger partial charge in [0.05, 0.1) is 11.6 Å². The largest absolute Gasteiger partial charge is 0.497 e. The SMILES string of the molecule is CCc1ccc(OCC(=O)N(Cc2cccc(OC)c2)[C@@H](CC)C(=O)NC2CCCC2)c(Br)c1. The first-order valence-electron chi connectivity index (χ1n) is 12.1. The summed E-state index contributed by atoms with van der Waals surface area (Å²) >= 11 is 3.53. The summed E-state index contributed by atoms with van der Waals surface area (Å²) in [6.07, 6.45) is 5.69. The molecular weight excluding hydrogens is 496 g/mol. The molecule has 0 unspecified atom stereocenters. The van der Waals surface area contributed by atoms with E-state index in [1.54, 1.807) is 12.0 Å². The van der Waals surface area contributed by atoms with E-state index in [9.17, 15) is 9.59 Å². The number of hydrogen-bond acceptors (Lipinski definition) is 4. The van der Waals surface area contributed by atoms with Crippen LogP contribution in [0.25, 0.3) is 0 Å². The Morgan fingerprint density at radius 3 is 2.53 bits per heavy atom. The third-order valence-electron chi connectivity index (χ3n) is 6.33. The molecule has 0 aromatic heterocycles. The highest BCUT2D eigenvalue weighted by Crippen LogP contribution is 2.27. The van der Waals surface area contributed by atoms with Gasteiger partial charge in [-0.2, -0.15) is 0 Å². The quantitative estimate of drug-likeness (QED) is 0.429. The molecule has 1 N–H and O–H groups in total. The lowest BCUT2D eigenvalue weighted by Crippen LogP contribution is -2.52. The lowest BCUT2D eigenvalue weighted by atomic mass is 10.1. The zero-order valence-corrected chi connectivity index (χ0v) is 21.9. The van der Waals surface area contributed by atoms with Gasteiger partial charge in [-0.3, -0.25) is 9.59 Å². The summed E-state index contributed by atoms with van der Waals surface area (Å²) < 4.78 is 12.0.